The van der Waals surface area contributed by atoms with Crippen molar-refractivity contribution in [2.45, 2.75) is 12.5 Å². The van der Waals surface area contributed by atoms with Crippen LogP contribution in [0.2, 0.25) is 0 Å². The van der Waals surface area contributed by atoms with Gasteiger partial charge in [-0.15, -0.1) is 11.3 Å². The van der Waals surface area contributed by atoms with Crippen LogP contribution in [0.4, 0.5) is 5.69 Å². The zero-order valence-electron chi connectivity index (χ0n) is 9.87. The van der Waals surface area contributed by atoms with Crippen LogP contribution in [0.25, 0.3) is 0 Å². The van der Waals surface area contributed by atoms with Crippen LogP contribution in [0.5, 0.6) is 0 Å². The Bertz CT molecular complexity index is 511. The normalized spacial score (nSPS) is 12.3. The maximum Gasteiger partial charge on any atom is 0.269 e. The fourth-order valence-electron chi connectivity index (χ4n) is 1.73. The molecule has 0 aliphatic heterocycles. The van der Waals surface area contributed by atoms with Crippen molar-refractivity contribution in [1.82, 2.24) is 10.3 Å². The fourth-order valence-corrected chi connectivity index (χ4v) is 2.46. The number of aromatic nitrogens is 1. The number of likely N-dealkylation sites (N-methyl/N-ethyl adjacent to an activating group) is 1. The molecular formula is C12H13N3O2S. The Labute approximate surface area is 109 Å². The predicted octanol–water partition coefficient (Wildman–Crippen LogP) is 2.55. The molecule has 1 aromatic heterocycles. The van der Waals surface area contributed by atoms with E-state index in [0.29, 0.717) is 0 Å². The van der Waals surface area contributed by atoms with E-state index in [1.165, 1.54) is 12.1 Å². The van der Waals surface area contributed by atoms with Gasteiger partial charge in [0.15, 0.2) is 0 Å². The molecule has 0 bridgehead atoms. The third-order valence-electron chi connectivity index (χ3n) is 2.73. The lowest BCUT2D eigenvalue weighted by Crippen LogP contribution is -2.17. The van der Waals surface area contributed by atoms with E-state index in [1.807, 2.05) is 13.2 Å². The van der Waals surface area contributed by atoms with Gasteiger partial charge in [-0.05, 0) is 19.0 Å². The molecule has 0 radical (unpaired) electrons. The van der Waals surface area contributed by atoms with Crippen molar-refractivity contribution in [3.63, 3.8) is 0 Å². The minimum atomic E-state index is -0.386. The van der Waals surface area contributed by atoms with E-state index in [2.05, 4.69) is 10.3 Å². The largest absolute Gasteiger partial charge is 0.312 e. The molecule has 0 aliphatic carbocycles. The van der Waals surface area contributed by atoms with E-state index in [4.69, 9.17) is 0 Å². The predicted molar refractivity (Wildman–Crippen MR) is 70.7 cm³/mol. The van der Waals surface area contributed by atoms with Gasteiger partial charge in [0.1, 0.15) is 0 Å². The molecule has 1 heterocycles. The van der Waals surface area contributed by atoms with Crippen LogP contribution in [-0.2, 0) is 6.42 Å². The topological polar surface area (TPSA) is 68.1 Å². The van der Waals surface area contributed by atoms with Crippen LogP contribution in [0.3, 0.4) is 0 Å². The Morgan fingerprint density at radius 3 is 2.67 bits per heavy atom. The molecule has 5 nitrogen and oxygen atoms in total. The molecule has 1 unspecified atom stereocenters. The van der Waals surface area contributed by atoms with Gasteiger partial charge in [0.25, 0.3) is 5.69 Å². The second-order valence-electron chi connectivity index (χ2n) is 3.87. The smallest absolute Gasteiger partial charge is 0.269 e. The average molecular weight is 263 g/mol. The Morgan fingerprint density at radius 1 is 1.44 bits per heavy atom. The monoisotopic (exact) mass is 263 g/mol. The minimum Gasteiger partial charge on any atom is -0.312 e. The van der Waals surface area contributed by atoms with Gasteiger partial charge in [-0.2, -0.15) is 0 Å². The van der Waals surface area contributed by atoms with E-state index in [9.17, 15) is 10.1 Å². The van der Waals surface area contributed by atoms with E-state index >= 15 is 0 Å². The zero-order valence-corrected chi connectivity index (χ0v) is 10.7. The number of nitro benzene ring substituents is 1. The highest BCUT2D eigenvalue weighted by atomic mass is 32.1. The first kappa shape index (κ1) is 12.7. The van der Waals surface area contributed by atoms with Gasteiger partial charge in [-0.3, -0.25) is 15.1 Å². The van der Waals surface area contributed by atoms with Crippen LogP contribution in [-0.4, -0.2) is 17.0 Å². The highest BCUT2D eigenvalue weighted by molar-refractivity contribution is 7.09. The summed E-state index contributed by atoms with van der Waals surface area (Å²) in [5.41, 5.74) is 2.99. The van der Waals surface area contributed by atoms with Gasteiger partial charge >= 0.3 is 0 Å². The Kier molecular flexibility index (Phi) is 4.01. The number of nitro groups is 1. The van der Waals surface area contributed by atoms with Gasteiger partial charge in [0.05, 0.1) is 10.4 Å². The molecular weight excluding hydrogens is 250 g/mol. The summed E-state index contributed by atoms with van der Waals surface area (Å²) >= 11 is 1.60. The van der Waals surface area contributed by atoms with Crippen molar-refractivity contribution >= 4 is 17.0 Å². The van der Waals surface area contributed by atoms with E-state index in [0.717, 1.165) is 16.9 Å². The van der Waals surface area contributed by atoms with Crippen LogP contribution >= 0.6 is 11.3 Å². The molecule has 18 heavy (non-hydrogen) atoms. The van der Waals surface area contributed by atoms with E-state index < -0.39 is 0 Å². The summed E-state index contributed by atoms with van der Waals surface area (Å²) in [6, 6.07) is 6.86. The van der Waals surface area contributed by atoms with Crippen LogP contribution in [0, 0.1) is 10.1 Å². The van der Waals surface area contributed by atoms with Gasteiger partial charge in [0, 0.05) is 29.2 Å². The summed E-state index contributed by atoms with van der Waals surface area (Å²) in [6.07, 6.45) is 2.63. The van der Waals surface area contributed by atoms with Crippen molar-refractivity contribution in [2.24, 2.45) is 0 Å². The van der Waals surface area contributed by atoms with Gasteiger partial charge in [-0.1, -0.05) is 12.1 Å². The SMILES string of the molecule is CNC(Cc1ccc([N+](=O)[O-])cc1)c1cncs1. The van der Waals surface area contributed by atoms with Crippen molar-refractivity contribution in [3.05, 3.63) is 56.5 Å². The van der Waals surface area contributed by atoms with Gasteiger partial charge in [0.2, 0.25) is 0 Å². The van der Waals surface area contributed by atoms with E-state index in [-0.39, 0.29) is 16.7 Å². The number of hydrogen-bond acceptors (Lipinski definition) is 5. The highest BCUT2D eigenvalue weighted by Gasteiger charge is 2.12. The molecule has 0 fully saturated rings. The lowest BCUT2D eigenvalue weighted by molar-refractivity contribution is -0.384. The van der Waals surface area contributed by atoms with Crippen LogP contribution in [0.1, 0.15) is 16.5 Å². The number of nitrogens with one attached hydrogen (secondary N) is 1. The lowest BCUT2D eigenvalue weighted by atomic mass is 10.0. The molecule has 6 heteroatoms. The average Bonchev–Trinajstić information content (AvgIpc) is 2.90. The number of non-ortho nitro benzene ring substituents is 1. The summed E-state index contributed by atoms with van der Waals surface area (Å²) in [4.78, 5) is 15.4. The molecule has 1 aromatic carbocycles. The molecule has 94 valence electrons. The Hall–Kier alpha value is -1.79. The number of benzene rings is 1. The number of nitrogens with zero attached hydrogens (tertiary/aromatic N) is 2. The molecule has 0 spiro atoms. The minimum absolute atomic E-state index is 0.123. The number of thiazole rings is 1. The number of rotatable bonds is 5. The first-order valence-electron chi connectivity index (χ1n) is 5.49. The lowest BCUT2D eigenvalue weighted by Gasteiger charge is -2.13. The Balaban J connectivity index is 2.10. The van der Waals surface area contributed by atoms with Crippen molar-refractivity contribution in [1.29, 1.82) is 0 Å². The van der Waals surface area contributed by atoms with Crippen molar-refractivity contribution in [3.8, 4) is 0 Å². The van der Waals surface area contributed by atoms with Crippen LogP contribution in [0.15, 0.2) is 36.0 Å². The molecule has 0 saturated heterocycles. The zero-order chi connectivity index (χ0) is 13.0. The summed E-state index contributed by atoms with van der Waals surface area (Å²) in [7, 11) is 1.90. The molecule has 0 amide bonds. The second kappa shape index (κ2) is 5.70. The van der Waals surface area contributed by atoms with Gasteiger partial charge in [-0.25, -0.2) is 0 Å². The molecule has 2 rings (SSSR count). The molecule has 2 aromatic rings. The molecule has 0 aliphatic rings. The first-order valence-corrected chi connectivity index (χ1v) is 6.37. The first-order chi connectivity index (χ1) is 8.70. The third kappa shape index (κ3) is 2.91. The fraction of sp³-hybridized carbons (Fsp3) is 0.250. The summed E-state index contributed by atoms with van der Waals surface area (Å²) in [6.45, 7) is 0. The molecule has 1 N–H and O–H groups in total. The standard InChI is InChI=1S/C12H13N3O2S/c1-13-11(12-7-14-8-18-12)6-9-2-4-10(5-3-9)15(16)17/h2-5,7-8,11,13H,6H2,1H3. The van der Waals surface area contributed by atoms with Crippen LogP contribution < -0.4 is 5.32 Å². The van der Waals surface area contributed by atoms with E-state index in [1.54, 1.807) is 29.0 Å². The molecule has 0 saturated carbocycles. The van der Waals surface area contributed by atoms with Crippen molar-refractivity contribution < 1.29 is 4.92 Å². The maximum atomic E-state index is 10.6. The maximum absolute atomic E-state index is 10.6. The summed E-state index contributed by atoms with van der Waals surface area (Å²) in [5, 5.41) is 13.8. The summed E-state index contributed by atoms with van der Waals surface area (Å²) < 4.78 is 0. The van der Waals surface area contributed by atoms with Crippen molar-refractivity contribution in [2.75, 3.05) is 7.05 Å². The quantitative estimate of drug-likeness (QED) is 0.665. The third-order valence-corrected chi connectivity index (χ3v) is 3.62. The molecule has 1 atom stereocenters. The second-order valence-corrected chi connectivity index (χ2v) is 4.79. The highest BCUT2D eigenvalue weighted by Crippen LogP contribution is 2.22. The summed E-state index contributed by atoms with van der Waals surface area (Å²) in [5.74, 6) is 0. The number of hydrogen-bond donors (Lipinski definition) is 1. The van der Waals surface area contributed by atoms with Gasteiger partial charge < -0.3 is 5.32 Å². The Morgan fingerprint density at radius 2 is 2.17 bits per heavy atom.